The van der Waals surface area contributed by atoms with Crippen LogP contribution in [0.15, 0.2) is 84.5 Å². The maximum Gasteiger partial charge on any atom is 0.185 e. The van der Waals surface area contributed by atoms with Crippen molar-refractivity contribution in [2.75, 3.05) is 6.61 Å². The molecule has 0 amide bonds. The molecule has 1 fully saturated rings. The van der Waals surface area contributed by atoms with Gasteiger partial charge in [0.2, 0.25) is 0 Å². The number of aldehydes is 1. The quantitative estimate of drug-likeness (QED) is 0.575. The molecule has 1 aromatic heterocycles. The van der Waals surface area contributed by atoms with E-state index in [-0.39, 0.29) is 6.10 Å². The van der Waals surface area contributed by atoms with Crippen molar-refractivity contribution in [1.82, 2.24) is 4.98 Å². The van der Waals surface area contributed by atoms with E-state index >= 15 is 0 Å². The second-order valence-corrected chi connectivity index (χ2v) is 6.60. The van der Waals surface area contributed by atoms with Gasteiger partial charge in [0.25, 0.3) is 0 Å². The Balaban J connectivity index is 1.64. The summed E-state index contributed by atoms with van der Waals surface area (Å²) < 4.78 is 12.3. The van der Waals surface area contributed by atoms with Gasteiger partial charge in [-0.05, 0) is 23.3 Å². The molecule has 0 spiro atoms. The molecule has 0 aliphatic carbocycles. The van der Waals surface area contributed by atoms with Crippen LogP contribution in [0.5, 0.6) is 0 Å². The van der Waals surface area contributed by atoms with Gasteiger partial charge in [-0.3, -0.25) is 14.8 Å². The molecule has 0 radical (unpaired) electrons. The number of carbonyl (C=O) groups excluding carboxylic acids is 1. The molecular weight excluding hydrogens is 364 g/mol. The summed E-state index contributed by atoms with van der Waals surface area (Å²) in [5.74, 6) is 0. The summed E-state index contributed by atoms with van der Waals surface area (Å²) in [5.41, 5.74) is 4.74. The molecule has 29 heavy (non-hydrogen) atoms. The number of hydrogen-bond donors (Lipinski definition) is 0. The van der Waals surface area contributed by atoms with Crippen molar-refractivity contribution in [2.45, 2.75) is 12.4 Å². The molecule has 5 nitrogen and oxygen atoms in total. The van der Waals surface area contributed by atoms with E-state index in [0.29, 0.717) is 24.3 Å². The zero-order valence-electron chi connectivity index (χ0n) is 15.8. The van der Waals surface area contributed by atoms with Gasteiger partial charge in [-0.15, -0.1) is 0 Å². The molecule has 4 rings (SSSR count). The topological polar surface area (TPSA) is 60.8 Å². The summed E-state index contributed by atoms with van der Waals surface area (Å²) in [6.07, 6.45) is 3.24. The molecule has 1 saturated heterocycles. The zero-order valence-corrected chi connectivity index (χ0v) is 15.8. The molecule has 2 heterocycles. The van der Waals surface area contributed by atoms with Gasteiger partial charge in [-0.2, -0.15) is 0 Å². The summed E-state index contributed by atoms with van der Waals surface area (Å²) in [7, 11) is 0. The van der Waals surface area contributed by atoms with Crippen molar-refractivity contribution in [1.29, 1.82) is 0 Å². The van der Waals surface area contributed by atoms with Crippen molar-refractivity contribution in [2.24, 2.45) is 4.99 Å². The number of nitrogens with zero attached hydrogens (tertiary/aromatic N) is 2. The number of hydrogen-bond acceptors (Lipinski definition) is 5. The molecule has 5 heteroatoms. The fourth-order valence-corrected chi connectivity index (χ4v) is 3.13. The predicted molar refractivity (Wildman–Crippen MR) is 112 cm³/mol. The third kappa shape index (κ3) is 4.37. The first kappa shape index (κ1) is 18.9. The van der Waals surface area contributed by atoms with Crippen molar-refractivity contribution >= 4 is 23.8 Å². The highest BCUT2D eigenvalue weighted by molar-refractivity contribution is 5.93. The van der Waals surface area contributed by atoms with E-state index in [0.717, 1.165) is 22.4 Å². The minimum Gasteiger partial charge on any atom is -0.342 e. The van der Waals surface area contributed by atoms with Crippen LogP contribution in [-0.2, 0) is 9.47 Å². The van der Waals surface area contributed by atoms with Crippen LogP contribution in [0.1, 0.15) is 39.6 Å². The normalized spacial score (nSPS) is 20.3. The number of aromatic nitrogens is 1. The van der Waals surface area contributed by atoms with Crippen LogP contribution in [0.4, 0.5) is 5.69 Å². The Morgan fingerprint density at radius 1 is 1.00 bits per heavy atom. The molecule has 0 saturated carbocycles. The van der Waals surface area contributed by atoms with Crippen LogP contribution in [0.2, 0.25) is 0 Å². The first-order chi connectivity index (χ1) is 14.3. The summed E-state index contributed by atoms with van der Waals surface area (Å²) in [6, 6.07) is 21.3. The largest absolute Gasteiger partial charge is 0.342 e. The van der Waals surface area contributed by atoms with Crippen LogP contribution in [-0.4, -0.2) is 23.6 Å². The molecule has 2 atom stereocenters. The lowest BCUT2D eigenvalue weighted by Gasteiger charge is -2.32. The number of aliphatic imine (C=N–C) groups is 1. The molecule has 2 aromatic carbocycles. The van der Waals surface area contributed by atoms with E-state index < -0.39 is 6.29 Å². The minimum absolute atomic E-state index is 0.322. The van der Waals surface area contributed by atoms with Crippen LogP contribution in [0.3, 0.4) is 0 Å². The van der Waals surface area contributed by atoms with Crippen molar-refractivity contribution in [3.05, 3.63) is 102 Å². The number of carbonyl (C=O) groups is 1. The molecule has 3 aromatic rings. The predicted octanol–water partition coefficient (Wildman–Crippen LogP) is 5.10. The Hall–Kier alpha value is -3.41. The van der Waals surface area contributed by atoms with Gasteiger partial charge < -0.3 is 9.47 Å². The minimum atomic E-state index is -0.492. The Morgan fingerprint density at radius 3 is 2.45 bits per heavy atom. The maximum absolute atomic E-state index is 10.8. The average Bonchev–Trinajstić information content (AvgIpc) is 2.80. The summed E-state index contributed by atoms with van der Waals surface area (Å²) in [5, 5.41) is 0. The van der Waals surface area contributed by atoms with Crippen LogP contribution >= 0.6 is 0 Å². The maximum atomic E-state index is 10.8. The van der Waals surface area contributed by atoms with Crippen molar-refractivity contribution in [3.63, 3.8) is 0 Å². The van der Waals surface area contributed by atoms with Crippen LogP contribution in [0.25, 0.3) is 6.08 Å². The smallest absolute Gasteiger partial charge is 0.185 e. The second-order valence-electron chi connectivity index (χ2n) is 6.60. The Morgan fingerprint density at radius 2 is 1.79 bits per heavy atom. The van der Waals surface area contributed by atoms with Crippen molar-refractivity contribution in [3.8, 4) is 0 Å². The van der Waals surface area contributed by atoms with Gasteiger partial charge in [-0.1, -0.05) is 67.3 Å². The van der Waals surface area contributed by atoms with Gasteiger partial charge in [0.1, 0.15) is 11.8 Å². The Bertz CT molecular complexity index is 1010. The number of ether oxygens (including phenoxy) is 2. The van der Waals surface area contributed by atoms with Crippen molar-refractivity contribution < 1.29 is 14.3 Å². The van der Waals surface area contributed by atoms with E-state index in [2.05, 4.69) is 16.6 Å². The fraction of sp³-hybridized carbons (Fsp3) is 0.125. The zero-order chi connectivity index (χ0) is 20.1. The summed E-state index contributed by atoms with van der Waals surface area (Å²) in [6.45, 7) is 4.11. The highest BCUT2D eigenvalue weighted by atomic mass is 16.7. The average molecular weight is 384 g/mol. The van der Waals surface area contributed by atoms with E-state index in [9.17, 15) is 4.79 Å². The van der Waals surface area contributed by atoms with Gasteiger partial charge in [0.15, 0.2) is 12.6 Å². The SMILES string of the molecule is C=Cc1ccc([C@@H]2OCC(=Nc3ccc(C=O)nc3)[C@H](c3ccccc3)O2)cc1. The third-order valence-electron chi connectivity index (χ3n) is 4.66. The van der Waals surface area contributed by atoms with E-state index in [1.54, 1.807) is 24.4 Å². The van der Waals surface area contributed by atoms with Gasteiger partial charge >= 0.3 is 0 Å². The monoisotopic (exact) mass is 384 g/mol. The van der Waals surface area contributed by atoms with Crippen LogP contribution in [0, 0.1) is 0 Å². The summed E-state index contributed by atoms with van der Waals surface area (Å²) in [4.78, 5) is 19.6. The number of benzene rings is 2. The molecule has 0 bridgehead atoms. The lowest BCUT2D eigenvalue weighted by atomic mass is 10.0. The lowest BCUT2D eigenvalue weighted by molar-refractivity contribution is -0.173. The first-order valence-electron chi connectivity index (χ1n) is 9.30. The van der Waals surface area contributed by atoms with Gasteiger partial charge in [0, 0.05) is 5.56 Å². The Labute approximate surface area is 169 Å². The van der Waals surface area contributed by atoms with E-state index in [1.807, 2.05) is 54.6 Å². The molecule has 0 unspecified atom stereocenters. The standard InChI is InChI=1S/C24H20N2O3/c1-2-17-8-10-19(11-9-17)24-28-16-22(23(29-24)18-6-4-3-5-7-18)26-20-12-13-21(15-27)25-14-20/h2-15,23-24H,1,16H2/t23-,24+/m0/s1. The van der Waals surface area contributed by atoms with Gasteiger partial charge in [-0.25, -0.2) is 0 Å². The highest BCUT2D eigenvalue weighted by Gasteiger charge is 2.30. The molecule has 1 aliphatic heterocycles. The first-order valence-corrected chi connectivity index (χ1v) is 9.30. The van der Waals surface area contributed by atoms with Crippen LogP contribution < -0.4 is 0 Å². The molecule has 0 N–H and O–H groups in total. The number of pyridine rings is 1. The molecular formula is C24H20N2O3. The molecule has 144 valence electrons. The second kappa shape index (κ2) is 8.73. The number of rotatable bonds is 5. The molecule has 1 aliphatic rings. The lowest BCUT2D eigenvalue weighted by Crippen LogP contribution is -2.30. The van der Waals surface area contributed by atoms with Gasteiger partial charge in [0.05, 0.1) is 24.2 Å². The fourth-order valence-electron chi connectivity index (χ4n) is 3.13. The third-order valence-corrected chi connectivity index (χ3v) is 4.66. The summed E-state index contributed by atoms with van der Waals surface area (Å²) >= 11 is 0. The Kier molecular flexibility index (Phi) is 5.70. The highest BCUT2D eigenvalue weighted by Crippen LogP contribution is 2.34. The van der Waals surface area contributed by atoms with E-state index in [4.69, 9.17) is 9.47 Å². The van der Waals surface area contributed by atoms with E-state index in [1.165, 1.54) is 0 Å².